The summed E-state index contributed by atoms with van der Waals surface area (Å²) < 4.78 is 38.8. The Kier molecular flexibility index (Phi) is 4.71. The van der Waals surface area contributed by atoms with Crippen LogP contribution in [0.1, 0.15) is 10.4 Å². The van der Waals surface area contributed by atoms with Crippen molar-refractivity contribution in [1.82, 2.24) is 4.90 Å². The molecule has 5 heteroatoms. The predicted octanol–water partition coefficient (Wildman–Crippen LogP) is 2.92. The summed E-state index contributed by atoms with van der Waals surface area (Å²) in [5.74, 6) is -5.00. The first kappa shape index (κ1) is 14.0. The number of rotatable bonds is 5. The van der Waals surface area contributed by atoms with Gasteiger partial charge in [-0.2, -0.15) is 0 Å². The van der Waals surface area contributed by atoms with Gasteiger partial charge in [-0.25, -0.2) is 13.2 Å². The third kappa shape index (κ3) is 3.00. The van der Waals surface area contributed by atoms with E-state index in [9.17, 15) is 18.0 Å². The molecule has 0 radical (unpaired) electrons. The molecule has 0 N–H and O–H groups in total. The van der Waals surface area contributed by atoms with Crippen LogP contribution in [0.4, 0.5) is 13.2 Å². The lowest BCUT2D eigenvalue weighted by Crippen LogP contribution is -2.31. The quantitative estimate of drug-likeness (QED) is 0.585. The third-order valence-corrected chi connectivity index (χ3v) is 2.22. The molecule has 0 heterocycles. The average molecular weight is 255 g/mol. The van der Waals surface area contributed by atoms with Crippen LogP contribution in [0.2, 0.25) is 0 Å². The Morgan fingerprint density at radius 1 is 1.11 bits per heavy atom. The summed E-state index contributed by atoms with van der Waals surface area (Å²) in [5, 5.41) is 0. The van der Waals surface area contributed by atoms with Crippen molar-refractivity contribution in [2.75, 3.05) is 13.1 Å². The van der Waals surface area contributed by atoms with Crippen molar-refractivity contribution in [2.24, 2.45) is 0 Å². The Balaban J connectivity index is 3.08. The van der Waals surface area contributed by atoms with E-state index in [4.69, 9.17) is 0 Å². The van der Waals surface area contributed by atoms with E-state index in [1.54, 1.807) is 0 Å². The minimum atomic E-state index is -1.59. The van der Waals surface area contributed by atoms with Crippen molar-refractivity contribution in [2.45, 2.75) is 0 Å². The molecule has 0 aromatic heterocycles. The lowest BCUT2D eigenvalue weighted by atomic mass is 10.1. The molecule has 2 nitrogen and oxygen atoms in total. The largest absolute Gasteiger partial charge is 0.331 e. The van der Waals surface area contributed by atoms with E-state index in [0.29, 0.717) is 12.1 Å². The van der Waals surface area contributed by atoms with Crippen LogP contribution in [-0.4, -0.2) is 23.9 Å². The van der Waals surface area contributed by atoms with Gasteiger partial charge in [-0.3, -0.25) is 4.79 Å². The summed E-state index contributed by atoms with van der Waals surface area (Å²) in [6, 6.07) is 1.33. The molecule has 1 amide bonds. The van der Waals surface area contributed by atoms with Crippen molar-refractivity contribution in [3.63, 3.8) is 0 Å². The fourth-order valence-electron chi connectivity index (χ4n) is 1.41. The topological polar surface area (TPSA) is 20.3 Å². The van der Waals surface area contributed by atoms with Gasteiger partial charge in [0.15, 0.2) is 17.5 Å². The SMILES string of the molecule is C=CCN(CC=C)C(=O)c1cc(F)c(F)c(F)c1. The maximum atomic E-state index is 13.0. The molecule has 0 aliphatic carbocycles. The van der Waals surface area contributed by atoms with Gasteiger partial charge in [-0.15, -0.1) is 13.2 Å². The molecule has 18 heavy (non-hydrogen) atoms. The molecule has 0 spiro atoms. The molecule has 96 valence electrons. The van der Waals surface area contributed by atoms with Gasteiger partial charge in [0.2, 0.25) is 0 Å². The molecule has 0 atom stereocenters. The van der Waals surface area contributed by atoms with Gasteiger partial charge in [-0.05, 0) is 12.1 Å². The van der Waals surface area contributed by atoms with Crippen LogP contribution in [0, 0.1) is 17.5 Å². The van der Waals surface area contributed by atoms with Gasteiger partial charge in [-0.1, -0.05) is 12.2 Å². The van der Waals surface area contributed by atoms with Gasteiger partial charge >= 0.3 is 0 Å². The van der Waals surface area contributed by atoms with Crippen LogP contribution in [0.15, 0.2) is 37.4 Å². The van der Waals surface area contributed by atoms with E-state index in [2.05, 4.69) is 13.2 Å². The van der Waals surface area contributed by atoms with Crippen LogP contribution in [-0.2, 0) is 0 Å². The Labute approximate surface area is 103 Å². The monoisotopic (exact) mass is 255 g/mol. The highest BCUT2D eigenvalue weighted by Crippen LogP contribution is 2.15. The number of amides is 1. The molecular formula is C13H12F3NO. The van der Waals surface area contributed by atoms with Crippen molar-refractivity contribution < 1.29 is 18.0 Å². The summed E-state index contributed by atoms with van der Waals surface area (Å²) in [6.07, 6.45) is 2.94. The standard InChI is InChI=1S/C13H12F3NO/c1-3-5-17(6-4-2)13(18)9-7-10(14)12(16)11(15)8-9/h3-4,7-8H,1-2,5-6H2. The highest BCUT2D eigenvalue weighted by atomic mass is 19.2. The van der Waals surface area contributed by atoms with E-state index in [1.807, 2.05) is 0 Å². The summed E-state index contributed by atoms with van der Waals surface area (Å²) in [6.45, 7) is 7.34. The molecule has 0 saturated heterocycles. The molecule has 0 aliphatic rings. The van der Waals surface area contributed by atoms with Gasteiger partial charge in [0.05, 0.1) is 0 Å². The summed E-state index contributed by atoms with van der Waals surface area (Å²) >= 11 is 0. The van der Waals surface area contributed by atoms with Crippen molar-refractivity contribution in [3.8, 4) is 0 Å². The van der Waals surface area contributed by atoms with Gasteiger partial charge < -0.3 is 4.90 Å². The molecule has 0 unspecified atom stereocenters. The molecule has 0 fully saturated rings. The number of hydrogen-bond donors (Lipinski definition) is 0. The maximum absolute atomic E-state index is 13.0. The lowest BCUT2D eigenvalue weighted by molar-refractivity contribution is 0.0789. The first-order chi connectivity index (χ1) is 8.51. The minimum absolute atomic E-state index is 0.200. The molecule has 1 aromatic rings. The number of benzene rings is 1. The van der Waals surface area contributed by atoms with Gasteiger partial charge in [0, 0.05) is 18.7 Å². The zero-order chi connectivity index (χ0) is 13.7. The number of hydrogen-bond acceptors (Lipinski definition) is 1. The van der Waals surface area contributed by atoms with Crippen LogP contribution >= 0.6 is 0 Å². The van der Waals surface area contributed by atoms with E-state index in [1.165, 1.54) is 17.1 Å². The maximum Gasteiger partial charge on any atom is 0.254 e. The Bertz CT molecular complexity index is 452. The molecule has 0 saturated carbocycles. The molecule has 0 bridgehead atoms. The normalized spacial score (nSPS) is 9.94. The Morgan fingerprint density at radius 3 is 1.94 bits per heavy atom. The molecular weight excluding hydrogens is 243 g/mol. The van der Waals surface area contributed by atoms with Crippen LogP contribution in [0.5, 0.6) is 0 Å². The lowest BCUT2D eigenvalue weighted by Gasteiger charge is -2.19. The number of carbonyl (C=O) groups excluding carboxylic acids is 1. The predicted molar refractivity (Wildman–Crippen MR) is 62.6 cm³/mol. The Morgan fingerprint density at radius 2 is 1.56 bits per heavy atom. The van der Waals surface area contributed by atoms with Crippen molar-refractivity contribution in [3.05, 3.63) is 60.5 Å². The highest BCUT2D eigenvalue weighted by Gasteiger charge is 2.18. The average Bonchev–Trinajstić information content (AvgIpc) is 2.34. The van der Waals surface area contributed by atoms with E-state index in [-0.39, 0.29) is 18.7 Å². The Hall–Kier alpha value is -2.04. The van der Waals surface area contributed by atoms with E-state index < -0.39 is 23.4 Å². The second kappa shape index (κ2) is 6.05. The number of halogens is 3. The van der Waals surface area contributed by atoms with Gasteiger partial charge in [0.1, 0.15) is 0 Å². The first-order valence-corrected chi connectivity index (χ1v) is 5.16. The summed E-state index contributed by atoms with van der Waals surface area (Å²) in [7, 11) is 0. The fourth-order valence-corrected chi connectivity index (χ4v) is 1.41. The highest BCUT2D eigenvalue weighted by molar-refractivity contribution is 5.94. The zero-order valence-corrected chi connectivity index (χ0v) is 9.63. The number of carbonyl (C=O) groups is 1. The van der Waals surface area contributed by atoms with Gasteiger partial charge in [0.25, 0.3) is 5.91 Å². The second-order valence-electron chi connectivity index (χ2n) is 3.54. The fraction of sp³-hybridized carbons (Fsp3) is 0.154. The number of nitrogens with zero attached hydrogens (tertiary/aromatic N) is 1. The molecule has 1 rings (SSSR count). The minimum Gasteiger partial charge on any atom is -0.331 e. The van der Waals surface area contributed by atoms with Crippen LogP contribution in [0.25, 0.3) is 0 Å². The van der Waals surface area contributed by atoms with Crippen molar-refractivity contribution in [1.29, 1.82) is 0 Å². The summed E-state index contributed by atoms with van der Waals surface area (Å²) in [5.41, 5.74) is -0.255. The summed E-state index contributed by atoms with van der Waals surface area (Å²) in [4.78, 5) is 13.2. The zero-order valence-electron chi connectivity index (χ0n) is 9.63. The van der Waals surface area contributed by atoms with Crippen LogP contribution < -0.4 is 0 Å². The van der Waals surface area contributed by atoms with E-state index >= 15 is 0 Å². The van der Waals surface area contributed by atoms with E-state index in [0.717, 1.165) is 0 Å². The molecule has 1 aromatic carbocycles. The second-order valence-corrected chi connectivity index (χ2v) is 3.54. The third-order valence-electron chi connectivity index (χ3n) is 2.22. The first-order valence-electron chi connectivity index (χ1n) is 5.16. The van der Waals surface area contributed by atoms with Crippen LogP contribution in [0.3, 0.4) is 0 Å². The van der Waals surface area contributed by atoms with Crippen molar-refractivity contribution >= 4 is 5.91 Å². The smallest absolute Gasteiger partial charge is 0.254 e. The molecule has 0 aliphatic heterocycles.